The summed E-state index contributed by atoms with van der Waals surface area (Å²) in [5, 5.41) is 13.2. The number of benzene rings is 2. The van der Waals surface area contributed by atoms with Crippen molar-refractivity contribution >= 4 is 17.4 Å². The molecule has 2 aromatic carbocycles. The Kier molecular flexibility index (Phi) is 4.94. The zero-order valence-electron chi connectivity index (χ0n) is 13.9. The second-order valence-electron chi connectivity index (χ2n) is 5.31. The SMILES string of the molecule is CCOc1cccc(NC(=O)Nc2cc(-c3nnco3)ccc2C)c1. The number of anilines is 2. The number of aryl methyl sites for hydroxylation is 1. The van der Waals surface area contributed by atoms with E-state index in [-0.39, 0.29) is 6.03 Å². The molecule has 0 aliphatic carbocycles. The van der Waals surface area contributed by atoms with Gasteiger partial charge >= 0.3 is 6.03 Å². The van der Waals surface area contributed by atoms with Gasteiger partial charge in [0.15, 0.2) is 0 Å². The minimum absolute atomic E-state index is 0.348. The molecule has 2 amide bonds. The quantitative estimate of drug-likeness (QED) is 0.731. The van der Waals surface area contributed by atoms with E-state index >= 15 is 0 Å². The van der Waals surface area contributed by atoms with Gasteiger partial charge in [0.1, 0.15) is 5.75 Å². The van der Waals surface area contributed by atoms with Crippen LogP contribution in [-0.4, -0.2) is 22.8 Å². The van der Waals surface area contributed by atoms with E-state index in [0.29, 0.717) is 29.6 Å². The summed E-state index contributed by atoms with van der Waals surface area (Å²) < 4.78 is 10.6. The van der Waals surface area contributed by atoms with E-state index in [1.54, 1.807) is 18.2 Å². The van der Waals surface area contributed by atoms with Crippen molar-refractivity contribution in [2.45, 2.75) is 13.8 Å². The molecule has 0 saturated carbocycles. The fraction of sp³-hybridized carbons (Fsp3) is 0.167. The lowest BCUT2D eigenvalue weighted by Gasteiger charge is -2.11. The molecular formula is C18H18N4O3. The van der Waals surface area contributed by atoms with Crippen molar-refractivity contribution in [3.63, 3.8) is 0 Å². The normalized spacial score (nSPS) is 10.3. The molecule has 25 heavy (non-hydrogen) atoms. The molecule has 0 aliphatic rings. The number of hydrogen-bond donors (Lipinski definition) is 2. The number of nitrogens with one attached hydrogen (secondary N) is 2. The van der Waals surface area contributed by atoms with Crippen LogP contribution in [-0.2, 0) is 0 Å². The van der Waals surface area contributed by atoms with Crippen molar-refractivity contribution in [1.82, 2.24) is 10.2 Å². The third-order valence-electron chi connectivity index (χ3n) is 3.50. The van der Waals surface area contributed by atoms with E-state index in [1.807, 2.05) is 38.1 Å². The Morgan fingerprint density at radius 1 is 1.20 bits per heavy atom. The maximum atomic E-state index is 12.3. The molecule has 0 bridgehead atoms. The van der Waals surface area contributed by atoms with E-state index < -0.39 is 0 Å². The first-order valence-corrected chi connectivity index (χ1v) is 7.84. The molecule has 1 aromatic heterocycles. The number of hydrogen-bond acceptors (Lipinski definition) is 5. The molecule has 7 nitrogen and oxygen atoms in total. The predicted molar refractivity (Wildman–Crippen MR) is 94.7 cm³/mol. The lowest BCUT2D eigenvalue weighted by atomic mass is 10.1. The molecule has 2 N–H and O–H groups in total. The standard InChI is InChI=1S/C18H18N4O3/c1-3-24-15-6-4-5-14(10-15)20-18(23)21-16-9-13(8-7-12(16)2)17-22-19-11-25-17/h4-11H,3H2,1-2H3,(H2,20,21,23). The van der Waals surface area contributed by atoms with E-state index in [2.05, 4.69) is 20.8 Å². The van der Waals surface area contributed by atoms with E-state index in [9.17, 15) is 4.79 Å². The average molecular weight is 338 g/mol. The van der Waals surface area contributed by atoms with Crippen molar-refractivity contribution in [1.29, 1.82) is 0 Å². The minimum atomic E-state index is -0.348. The zero-order valence-corrected chi connectivity index (χ0v) is 13.9. The summed E-state index contributed by atoms with van der Waals surface area (Å²) in [6, 6.07) is 12.4. The monoisotopic (exact) mass is 338 g/mol. The second-order valence-corrected chi connectivity index (χ2v) is 5.31. The van der Waals surface area contributed by atoms with Gasteiger partial charge in [-0.15, -0.1) is 10.2 Å². The summed E-state index contributed by atoms with van der Waals surface area (Å²) in [5.41, 5.74) is 2.96. The summed E-state index contributed by atoms with van der Waals surface area (Å²) in [5.74, 6) is 1.10. The number of rotatable bonds is 5. The van der Waals surface area contributed by atoms with Crippen LogP contribution in [0.5, 0.6) is 5.75 Å². The van der Waals surface area contributed by atoms with Gasteiger partial charge in [0.2, 0.25) is 12.3 Å². The molecule has 0 spiro atoms. The number of carbonyl (C=O) groups is 1. The lowest BCUT2D eigenvalue weighted by molar-refractivity contribution is 0.262. The minimum Gasteiger partial charge on any atom is -0.494 e. The molecule has 0 fully saturated rings. The molecule has 3 aromatic rings. The largest absolute Gasteiger partial charge is 0.494 e. The third kappa shape index (κ3) is 4.14. The summed E-state index contributed by atoms with van der Waals surface area (Å²) in [4.78, 5) is 12.3. The van der Waals surface area contributed by atoms with Crippen molar-refractivity contribution in [2.24, 2.45) is 0 Å². The van der Waals surface area contributed by atoms with Crippen molar-refractivity contribution in [3.8, 4) is 17.2 Å². The summed E-state index contributed by atoms with van der Waals surface area (Å²) in [7, 11) is 0. The first-order valence-electron chi connectivity index (χ1n) is 7.84. The molecule has 0 atom stereocenters. The number of nitrogens with zero attached hydrogens (tertiary/aromatic N) is 2. The number of aromatic nitrogens is 2. The first kappa shape index (κ1) is 16.5. The van der Waals surface area contributed by atoms with Crippen LogP contribution in [0.1, 0.15) is 12.5 Å². The van der Waals surface area contributed by atoms with Crippen molar-refractivity contribution in [3.05, 3.63) is 54.4 Å². The van der Waals surface area contributed by atoms with Crippen LogP contribution in [0.15, 0.2) is 53.3 Å². The molecule has 3 rings (SSSR count). The van der Waals surface area contributed by atoms with Gasteiger partial charge in [-0.2, -0.15) is 0 Å². The molecule has 0 unspecified atom stereocenters. The van der Waals surface area contributed by atoms with Gasteiger partial charge in [-0.05, 0) is 43.7 Å². The Morgan fingerprint density at radius 3 is 2.84 bits per heavy atom. The second kappa shape index (κ2) is 7.48. The van der Waals surface area contributed by atoms with Crippen LogP contribution < -0.4 is 15.4 Å². The number of carbonyl (C=O) groups excluding carboxylic acids is 1. The Morgan fingerprint density at radius 2 is 2.08 bits per heavy atom. The van der Waals surface area contributed by atoms with Crippen molar-refractivity contribution < 1.29 is 13.9 Å². The average Bonchev–Trinajstić information content (AvgIpc) is 3.12. The van der Waals surface area contributed by atoms with Crippen LogP contribution in [0.25, 0.3) is 11.5 Å². The maximum Gasteiger partial charge on any atom is 0.323 e. The highest BCUT2D eigenvalue weighted by Gasteiger charge is 2.10. The van der Waals surface area contributed by atoms with Crippen LogP contribution in [0.4, 0.5) is 16.2 Å². The van der Waals surface area contributed by atoms with E-state index in [0.717, 1.165) is 11.1 Å². The number of urea groups is 1. The Bertz CT molecular complexity index is 863. The Hall–Kier alpha value is -3.35. The molecule has 0 saturated heterocycles. The highest BCUT2D eigenvalue weighted by molar-refractivity contribution is 6.00. The van der Waals surface area contributed by atoms with Crippen LogP contribution in [0, 0.1) is 6.92 Å². The third-order valence-corrected chi connectivity index (χ3v) is 3.50. The zero-order chi connectivity index (χ0) is 17.6. The van der Waals surface area contributed by atoms with E-state index in [4.69, 9.17) is 9.15 Å². The summed E-state index contributed by atoms with van der Waals surface area (Å²) >= 11 is 0. The van der Waals surface area contributed by atoms with Gasteiger partial charge in [-0.3, -0.25) is 0 Å². The van der Waals surface area contributed by atoms with Crippen molar-refractivity contribution in [2.75, 3.05) is 17.2 Å². The van der Waals surface area contributed by atoms with E-state index in [1.165, 1.54) is 6.39 Å². The topological polar surface area (TPSA) is 89.3 Å². The fourth-order valence-electron chi connectivity index (χ4n) is 2.30. The molecule has 1 heterocycles. The first-order chi connectivity index (χ1) is 12.2. The summed E-state index contributed by atoms with van der Waals surface area (Å²) in [6.07, 6.45) is 1.26. The number of amides is 2. The highest BCUT2D eigenvalue weighted by atomic mass is 16.5. The molecule has 0 radical (unpaired) electrons. The molecule has 128 valence electrons. The van der Waals surface area contributed by atoms with Gasteiger partial charge in [-0.1, -0.05) is 12.1 Å². The highest BCUT2D eigenvalue weighted by Crippen LogP contribution is 2.24. The van der Waals surface area contributed by atoms with Gasteiger partial charge in [0.05, 0.1) is 6.61 Å². The van der Waals surface area contributed by atoms with Crippen LogP contribution in [0.3, 0.4) is 0 Å². The summed E-state index contributed by atoms with van der Waals surface area (Å²) in [6.45, 7) is 4.38. The molecular weight excluding hydrogens is 320 g/mol. The lowest BCUT2D eigenvalue weighted by Crippen LogP contribution is -2.20. The maximum absolute atomic E-state index is 12.3. The Labute approximate surface area is 145 Å². The van der Waals surface area contributed by atoms with Crippen LogP contribution in [0.2, 0.25) is 0 Å². The van der Waals surface area contributed by atoms with Gasteiger partial charge < -0.3 is 19.8 Å². The van der Waals surface area contributed by atoms with Gasteiger partial charge in [0.25, 0.3) is 0 Å². The smallest absolute Gasteiger partial charge is 0.323 e. The van der Waals surface area contributed by atoms with Crippen LogP contribution >= 0.6 is 0 Å². The van der Waals surface area contributed by atoms with Gasteiger partial charge in [-0.25, -0.2) is 4.79 Å². The predicted octanol–water partition coefficient (Wildman–Crippen LogP) is 4.09. The Balaban J connectivity index is 1.72. The fourth-order valence-corrected chi connectivity index (χ4v) is 2.30. The molecule has 7 heteroatoms. The van der Waals surface area contributed by atoms with Gasteiger partial charge in [0, 0.05) is 23.0 Å². The molecule has 0 aliphatic heterocycles. The number of ether oxygens (including phenoxy) is 1.